The van der Waals surface area contributed by atoms with Gasteiger partial charge in [0.05, 0.1) is 17.7 Å². The van der Waals surface area contributed by atoms with E-state index >= 15 is 0 Å². The third kappa shape index (κ3) is 5.27. The minimum atomic E-state index is -5.05. The van der Waals surface area contributed by atoms with E-state index < -0.39 is 46.4 Å². The summed E-state index contributed by atoms with van der Waals surface area (Å²) in [5.41, 5.74) is -4.76. The molecule has 0 heterocycles. The molecule has 0 saturated heterocycles. The van der Waals surface area contributed by atoms with Crippen LogP contribution < -0.4 is 0 Å². The summed E-state index contributed by atoms with van der Waals surface area (Å²) in [7, 11) is 0. The molecule has 0 fully saturated rings. The molecule has 0 unspecified atom stereocenters. The van der Waals surface area contributed by atoms with Gasteiger partial charge in [-0.15, -0.1) is 0 Å². The van der Waals surface area contributed by atoms with Gasteiger partial charge in [0.2, 0.25) is 0 Å². The van der Waals surface area contributed by atoms with Crippen LogP contribution in [0, 0.1) is 12.7 Å². The molecule has 29 heavy (non-hydrogen) atoms. The zero-order chi connectivity index (χ0) is 22.0. The van der Waals surface area contributed by atoms with Gasteiger partial charge in [0.1, 0.15) is 5.82 Å². The van der Waals surface area contributed by atoms with Crippen molar-refractivity contribution in [1.29, 1.82) is 0 Å². The maximum atomic E-state index is 14.4. The average molecular weight is 422 g/mol. The fourth-order valence-electron chi connectivity index (χ4n) is 2.97. The lowest BCUT2D eigenvalue weighted by Crippen LogP contribution is -2.14. The molecule has 2 aromatic rings. The van der Waals surface area contributed by atoms with E-state index in [4.69, 9.17) is 4.74 Å². The largest absolute Gasteiger partial charge is 0.466 e. The maximum Gasteiger partial charge on any atom is 0.417 e. The molecule has 0 aliphatic carbocycles. The van der Waals surface area contributed by atoms with Crippen LogP contribution in [0.2, 0.25) is 0 Å². The van der Waals surface area contributed by atoms with Crippen LogP contribution >= 0.6 is 0 Å². The van der Waals surface area contributed by atoms with E-state index in [2.05, 4.69) is 0 Å². The molecule has 0 aromatic heterocycles. The van der Waals surface area contributed by atoms with Crippen molar-refractivity contribution in [1.82, 2.24) is 0 Å². The van der Waals surface area contributed by atoms with Gasteiger partial charge >= 0.3 is 18.3 Å². The first-order valence-corrected chi connectivity index (χ1v) is 8.58. The highest BCUT2D eigenvalue weighted by molar-refractivity contribution is 5.74. The number of esters is 1. The molecule has 2 nitrogen and oxygen atoms in total. The van der Waals surface area contributed by atoms with Crippen LogP contribution in [0.15, 0.2) is 30.3 Å². The average Bonchev–Trinajstić information content (AvgIpc) is 2.61. The van der Waals surface area contributed by atoms with Gasteiger partial charge < -0.3 is 4.74 Å². The smallest absolute Gasteiger partial charge is 0.417 e. The first kappa shape index (κ1) is 22.7. The Hall–Kier alpha value is -2.58. The molecule has 9 heteroatoms. The van der Waals surface area contributed by atoms with Crippen LogP contribution in [0.3, 0.4) is 0 Å². The Kier molecular flexibility index (Phi) is 6.60. The standard InChI is InChI=1S/C20H17F7O2/c1-3-29-16(28)8-7-12-10-13(9-11(2)18(12)21)17-14(19(22,23)24)5-4-6-15(17)20(25,26)27/h4-6,9-10H,3,7-8H2,1-2H3. The van der Waals surface area contributed by atoms with Crippen molar-refractivity contribution in [3.05, 3.63) is 58.4 Å². The van der Waals surface area contributed by atoms with Crippen LogP contribution in [0.25, 0.3) is 11.1 Å². The Labute approximate surface area is 162 Å². The zero-order valence-corrected chi connectivity index (χ0v) is 15.5. The molecule has 0 amide bonds. The van der Waals surface area contributed by atoms with Gasteiger partial charge in [-0.3, -0.25) is 4.79 Å². The summed E-state index contributed by atoms with van der Waals surface area (Å²) in [6, 6.07) is 3.61. The Morgan fingerprint density at radius 3 is 2.03 bits per heavy atom. The number of alkyl halides is 6. The van der Waals surface area contributed by atoms with E-state index in [-0.39, 0.29) is 30.6 Å². The lowest BCUT2D eigenvalue weighted by Gasteiger charge is -2.20. The predicted molar refractivity (Wildman–Crippen MR) is 91.5 cm³/mol. The second-order valence-corrected chi connectivity index (χ2v) is 6.29. The number of aryl methyl sites for hydroxylation is 2. The molecule has 0 aliphatic rings. The molecule has 0 atom stereocenters. The van der Waals surface area contributed by atoms with Crippen molar-refractivity contribution in [2.24, 2.45) is 0 Å². The minimum absolute atomic E-state index is 0.0916. The van der Waals surface area contributed by atoms with Gasteiger partial charge in [0.25, 0.3) is 0 Å². The van der Waals surface area contributed by atoms with E-state index in [9.17, 15) is 35.5 Å². The zero-order valence-electron chi connectivity index (χ0n) is 15.5. The summed E-state index contributed by atoms with van der Waals surface area (Å²) < 4.78 is 99.6. The summed E-state index contributed by atoms with van der Waals surface area (Å²) in [5.74, 6) is -1.45. The van der Waals surface area contributed by atoms with Crippen molar-refractivity contribution >= 4 is 5.97 Å². The maximum absolute atomic E-state index is 14.4. The van der Waals surface area contributed by atoms with E-state index in [1.54, 1.807) is 6.92 Å². The number of rotatable bonds is 5. The summed E-state index contributed by atoms with van der Waals surface area (Å²) in [6.45, 7) is 2.89. The summed E-state index contributed by atoms with van der Waals surface area (Å²) in [4.78, 5) is 11.5. The number of halogens is 7. The number of ether oxygens (including phenoxy) is 1. The Balaban J connectivity index is 2.67. The molecule has 0 saturated carbocycles. The first-order chi connectivity index (χ1) is 13.4. The summed E-state index contributed by atoms with van der Waals surface area (Å²) >= 11 is 0. The van der Waals surface area contributed by atoms with Gasteiger partial charge in [-0.2, -0.15) is 26.3 Å². The van der Waals surface area contributed by atoms with Crippen molar-refractivity contribution < 1.29 is 40.3 Å². The van der Waals surface area contributed by atoms with E-state index in [0.717, 1.165) is 12.1 Å². The lowest BCUT2D eigenvalue weighted by molar-refractivity contribution is -0.143. The van der Waals surface area contributed by atoms with Gasteiger partial charge in [-0.25, -0.2) is 4.39 Å². The summed E-state index contributed by atoms with van der Waals surface area (Å²) in [5, 5.41) is 0. The van der Waals surface area contributed by atoms with Gasteiger partial charge in [-0.1, -0.05) is 6.07 Å². The number of carbonyl (C=O) groups is 1. The van der Waals surface area contributed by atoms with Crippen molar-refractivity contribution in [2.75, 3.05) is 6.61 Å². The Morgan fingerprint density at radius 1 is 1.00 bits per heavy atom. The van der Waals surface area contributed by atoms with E-state index in [1.807, 2.05) is 0 Å². The molecule has 2 aromatic carbocycles. The van der Waals surface area contributed by atoms with Gasteiger partial charge in [0, 0.05) is 12.0 Å². The number of carbonyl (C=O) groups excluding carboxylic acids is 1. The van der Waals surface area contributed by atoms with Gasteiger partial charge in [-0.05, 0) is 61.2 Å². The van der Waals surface area contributed by atoms with Gasteiger partial charge in [0.15, 0.2) is 0 Å². The Morgan fingerprint density at radius 2 is 1.55 bits per heavy atom. The fourth-order valence-corrected chi connectivity index (χ4v) is 2.97. The number of hydrogen-bond donors (Lipinski definition) is 0. The molecule has 2 rings (SSSR count). The van der Waals surface area contributed by atoms with Crippen LogP contribution in [0.1, 0.15) is 35.6 Å². The minimum Gasteiger partial charge on any atom is -0.466 e. The molecule has 0 radical (unpaired) electrons. The molecule has 0 aliphatic heterocycles. The fraction of sp³-hybridized carbons (Fsp3) is 0.350. The highest BCUT2D eigenvalue weighted by atomic mass is 19.4. The van der Waals surface area contributed by atoms with E-state index in [1.165, 1.54) is 6.92 Å². The molecule has 0 spiro atoms. The first-order valence-electron chi connectivity index (χ1n) is 8.58. The topological polar surface area (TPSA) is 26.3 Å². The number of hydrogen-bond acceptors (Lipinski definition) is 2. The summed E-state index contributed by atoms with van der Waals surface area (Å²) in [6.07, 6.45) is -10.6. The predicted octanol–water partition coefficient (Wildman–Crippen LogP) is 6.33. The number of benzene rings is 2. The second-order valence-electron chi connectivity index (χ2n) is 6.29. The van der Waals surface area contributed by atoms with Crippen molar-refractivity contribution in [3.63, 3.8) is 0 Å². The lowest BCUT2D eigenvalue weighted by atomic mass is 9.90. The molecule has 158 valence electrons. The molecule has 0 bridgehead atoms. The molecular weight excluding hydrogens is 405 g/mol. The molecular formula is C20H17F7O2. The van der Waals surface area contributed by atoms with Crippen LogP contribution in [0.5, 0.6) is 0 Å². The van der Waals surface area contributed by atoms with E-state index in [0.29, 0.717) is 18.2 Å². The van der Waals surface area contributed by atoms with Crippen LogP contribution in [0.4, 0.5) is 30.7 Å². The van der Waals surface area contributed by atoms with Crippen molar-refractivity contribution in [2.45, 2.75) is 39.0 Å². The monoisotopic (exact) mass is 422 g/mol. The highest BCUT2D eigenvalue weighted by Gasteiger charge is 2.41. The SMILES string of the molecule is CCOC(=O)CCc1cc(-c2c(C(F)(F)F)cccc2C(F)(F)F)cc(C)c1F. The van der Waals surface area contributed by atoms with Crippen LogP contribution in [-0.2, 0) is 28.3 Å². The molecule has 0 N–H and O–H groups in total. The van der Waals surface area contributed by atoms with Crippen LogP contribution in [-0.4, -0.2) is 12.6 Å². The quantitative estimate of drug-likeness (QED) is 0.416. The Bertz CT molecular complexity index is 867. The van der Waals surface area contributed by atoms with Crippen molar-refractivity contribution in [3.8, 4) is 11.1 Å². The second kappa shape index (κ2) is 8.42. The normalized spacial score (nSPS) is 12.2. The third-order valence-corrected chi connectivity index (χ3v) is 4.20. The highest BCUT2D eigenvalue weighted by Crippen LogP contribution is 2.45. The third-order valence-electron chi connectivity index (χ3n) is 4.20.